The summed E-state index contributed by atoms with van der Waals surface area (Å²) in [6, 6.07) is 8.05. The van der Waals surface area contributed by atoms with Crippen molar-refractivity contribution in [3.05, 3.63) is 53.7 Å². The predicted octanol–water partition coefficient (Wildman–Crippen LogP) is 4.80. The van der Waals surface area contributed by atoms with E-state index >= 15 is 0 Å². The van der Waals surface area contributed by atoms with Crippen LogP contribution in [0.25, 0.3) is 0 Å². The third-order valence-electron chi connectivity index (χ3n) is 4.73. The van der Waals surface area contributed by atoms with Crippen LogP contribution in [0.5, 0.6) is 11.6 Å². The predicted molar refractivity (Wildman–Crippen MR) is 90.7 cm³/mol. The first-order chi connectivity index (χ1) is 13.0. The fourth-order valence-corrected chi connectivity index (χ4v) is 2.97. The highest BCUT2D eigenvalue weighted by atomic mass is 19.4. The monoisotopic (exact) mass is 400 g/mol. The minimum Gasteiger partial charge on any atom is -0.439 e. The summed E-state index contributed by atoms with van der Waals surface area (Å²) in [4.78, 5) is 17.2. The van der Waals surface area contributed by atoms with Crippen LogP contribution in [0.1, 0.15) is 28.8 Å². The average molecular weight is 400 g/mol. The number of halogens is 5. The van der Waals surface area contributed by atoms with Crippen LogP contribution in [0.4, 0.5) is 22.0 Å². The molecule has 0 bridgehead atoms. The van der Waals surface area contributed by atoms with Gasteiger partial charge in [0.1, 0.15) is 5.75 Å². The Balaban J connectivity index is 1.75. The lowest BCUT2D eigenvalue weighted by atomic mass is 9.88. The second-order valence-electron chi connectivity index (χ2n) is 6.87. The topological polar surface area (TPSA) is 42.4 Å². The molecule has 0 unspecified atom stereocenters. The normalized spacial score (nSPS) is 15.8. The van der Waals surface area contributed by atoms with Crippen molar-refractivity contribution in [1.82, 2.24) is 9.88 Å². The summed E-state index contributed by atoms with van der Waals surface area (Å²) in [7, 11) is 3.20. The van der Waals surface area contributed by atoms with Gasteiger partial charge in [0.05, 0.1) is 11.0 Å². The molecule has 1 aromatic carbocycles. The van der Waals surface area contributed by atoms with Gasteiger partial charge in [-0.3, -0.25) is 4.79 Å². The number of carbonyl (C=O) groups excluding carboxylic acids is 1. The van der Waals surface area contributed by atoms with Crippen molar-refractivity contribution in [2.24, 2.45) is 0 Å². The number of hydrogen-bond acceptors (Lipinski definition) is 3. The molecule has 1 amide bonds. The Kier molecular flexibility index (Phi) is 4.81. The summed E-state index contributed by atoms with van der Waals surface area (Å²) in [5.74, 6) is -4.64. The van der Waals surface area contributed by atoms with Gasteiger partial charge >= 0.3 is 12.1 Å². The van der Waals surface area contributed by atoms with Crippen LogP contribution in [-0.4, -0.2) is 42.0 Å². The van der Waals surface area contributed by atoms with E-state index in [-0.39, 0.29) is 35.9 Å². The molecule has 1 saturated carbocycles. The van der Waals surface area contributed by atoms with Crippen LogP contribution in [0.15, 0.2) is 42.6 Å². The molecule has 3 rings (SSSR count). The van der Waals surface area contributed by atoms with E-state index in [2.05, 4.69) is 4.98 Å². The third-order valence-corrected chi connectivity index (χ3v) is 4.73. The minimum atomic E-state index is -5.60. The zero-order chi connectivity index (χ0) is 20.7. The molecule has 9 heteroatoms. The molecular weight excluding hydrogens is 383 g/mol. The lowest BCUT2D eigenvalue weighted by Crippen LogP contribution is -2.47. The maximum atomic E-state index is 13.9. The highest BCUT2D eigenvalue weighted by molar-refractivity contribution is 5.93. The number of aromatic nitrogens is 1. The molecule has 0 atom stereocenters. The van der Waals surface area contributed by atoms with Crippen LogP contribution < -0.4 is 4.74 Å². The number of rotatable bonds is 5. The highest BCUT2D eigenvalue weighted by Gasteiger charge is 2.75. The summed E-state index contributed by atoms with van der Waals surface area (Å²) in [5, 5.41) is 0. The summed E-state index contributed by atoms with van der Waals surface area (Å²) < 4.78 is 71.5. The molecule has 2 aromatic rings. The fourth-order valence-electron chi connectivity index (χ4n) is 2.97. The van der Waals surface area contributed by atoms with Crippen molar-refractivity contribution >= 4 is 5.91 Å². The summed E-state index contributed by atoms with van der Waals surface area (Å²) in [6.45, 7) is 0. The molecule has 1 aliphatic rings. The standard InChI is InChI=1S/C19H17F5N2O2/c1-26(2)16(27)12-3-8-15(25-11-12)28-14-6-4-13(5-7-14)17(9-10-17)18(20,21)19(22,23)24/h3-8,11H,9-10H2,1-2H3. The number of pyridine rings is 1. The molecule has 150 valence electrons. The molecular formula is C19H17F5N2O2. The Morgan fingerprint density at radius 2 is 1.64 bits per heavy atom. The van der Waals surface area contributed by atoms with Crippen LogP contribution in [0.3, 0.4) is 0 Å². The van der Waals surface area contributed by atoms with E-state index in [9.17, 15) is 26.7 Å². The van der Waals surface area contributed by atoms with Crippen molar-refractivity contribution in [2.45, 2.75) is 30.4 Å². The lowest BCUT2D eigenvalue weighted by molar-refractivity contribution is -0.296. The zero-order valence-corrected chi connectivity index (χ0v) is 15.1. The van der Waals surface area contributed by atoms with Crippen molar-refractivity contribution in [1.29, 1.82) is 0 Å². The van der Waals surface area contributed by atoms with Gasteiger partial charge in [0.25, 0.3) is 5.91 Å². The van der Waals surface area contributed by atoms with Gasteiger partial charge in [-0.1, -0.05) is 12.1 Å². The number of hydrogen-bond donors (Lipinski definition) is 0. The molecule has 0 saturated heterocycles. The van der Waals surface area contributed by atoms with E-state index in [1.165, 1.54) is 47.5 Å². The fraction of sp³-hybridized carbons (Fsp3) is 0.368. The average Bonchev–Trinajstić information content (AvgIpc) is 3.44. The minimum absolute atomic E-state index is 0.0814. The maximum absolute atomic E-state index is 13.9. The smallest absolute Gasteiger partial charge is 0.439 e. The van der Waals surface area contributed by atoms with Gasteiger partial charge in [0.2, 0.25) is 5.88 Å². The van der Waals surface area contributed by atoms with E-state index in [0.717, 1.165) is 0 Å². The Morgan fingerprint density at radius 3 is 2.07 bits per heavy atom. The Hall–Kier alpha value is -2.71. The van der Waals surface area contributed by atoms with Crippen molar-refractivity contribution < 1.29 is 31.5 Å². The molecule has 4 nitrogen and oxygen atoms in total. The van der Waals surface area contributed by atoms with Gasteiger partial charge in [-0.25, -0.2) is 4.98 Å². The SMILES string of the molecule is CN(C)C(=O)c1ccc(Oc2ccc(C3(C(F)(F)C(F)(F)F)CC3)cc2)nc1. The molecule has 0 N–H and O–H groups in total. The van der Waals surface area contributed by atoms with Gasteiger partial charge < -0.3 is 9.64 Å². The molecule has 1 heterocycles. The van der Waals surface area contributed by atoms with E-state index in [1.54, 1.807) is 14.1 Å². The second-order valence-corrected chi connectivity index (χ2v) is 6.87. The first kappa shape index (κ1) is 20.0. The maximum Gasteiger partial charge on any atom is 0.454 e. The van der Waals surface area contributed by atoms with Gasteiger partial charge in [-0.15, -0.1) is 0 Å². The van der Waals surface area contributed by atoms with Crippen molar-refractivity contribution in [3.63, 3.8) is 0 Å². The third kappa shape index (κ3) is 3.41. The van der Waals surface area contributed by atoms with Gasteiger partial charge in [0, 0.05) is 26.4 Å². The van der Waals surface area contributed by atoms with Gasteiger partial charge in [-0.2, -0.15) is 22.0 Å². The van der Waals surface area contributed by atoms with Gasteiger partial charge in [0.15, 0.2) is 0 Å². The quantitative estimate of drug-likeness (QED) is 0.677. The van der Waals surface area contributed by atoms with Crippen LogP contribution >= 0.6 is 0 Å². The van der Waals surface area contributed by atoms with Gasteiger partial charge in [-0.05, 0) is 36.6 Å². The molecule has 0 aliphatic heterocycles. The first-order valence-corrected chi connectivity index (χ1v) is 8.38. The van der Waals surface area contributed by atoms with E-state index < -0.39 is 17.5 Å². The number of nitrogens with zero attached hydrogens (tertiary/aromatic N) is 2. The number of carbonyl (C=O) groups is 1. The molecule has 1 aromatic heterocycles. The molecule has 28 heavy (non-hydrogen) atoms. The number of amides is 1. The largest absolute Gasteiger partial charge is 0.454 e. The van der Waals surface area contributed by atoms with Crippen LogP contribution in [-0.2, 0) is 5.41 Å². The molecule has 1 aliphatic carbocycles. The molecule has 0 radical (unpaired) electrons. The Morgan fingerprint density at radius 1 is 1.04 bits per heavy atom. The number of ether oxygens (including phenoxy) is 1. The Labute approximate surface area is 157 Å². The molecule has 0 spiro atoms. The summed E-state index contributed by atoms with van der Waals surface area (Å²) in [5.41, 5.74) is -1.93. The van der Waals surface area contributed by atoms with Crippen LogP contribution in [0, 0.1) is 0 Å². The second kappa shape index (κ2) is 6.72. The van der Waals surface area contributed by atoms with E-state index in [1.807, 2.05) is 0 Å². The zero-order valence-electron chi connectivity index (χ0n) is 15.1. The number of benzene rings is 1. The first-order valence-electron chi connectivity index (χ1n) is 8.38. The summed E-state index contributed by atoms with van der Waals surface area (Å²) in [6.07, 6.45) is -4.74. The van der Waals surface area contributed by atoms with E-state index in [0.29, 0.717) is 5.56 Å². The number of alkyl halides is 5. The van der Waals surface area contributed by atoms with Crippen LogP contribution in [0.2, 0.25) is 0 Å². The lowest BCUT2D eigenvalue weighted by Gasteiger charge is -2.29. The Bertz CT molecular complexity index is 857. The van der Waals surface area contributed by atoms with E-state index in [4.69, 9.17) is 4.74 Å². The summed E-state index contributed by atoms with van der Waals surface area (Å²) >= 11 is 0. The highest BCUT2D eigenvalue weighted by Crippen LogP contribution is 2.63. The van der Waals surface area contributed by atoms with Crippen molar-refractivity contribution in [2.75, 3.05) is 14.1 Å². The molecule has 1 fully saturated rings. The van der Waals surface area contributed by atoms with Crippen molar-refractivity contribution in [3.8, 4) is 11.6 Å².